The highest BCUT2D eigenvalue weighted by Gasteiger charge is 2.34. The molecule has 4 rings (SSSR count). The third kappa shape index (κ3) is 4.69. The van der Waals surface area contributed by atoms with E-state index in [2.05, 4.69) is 31.4 Å². The minimum atomic E-state index is -4.78. The Morgan fingerprint density at radius 1 is 1.07 bits per heavy atom. The second kappa shape index (κ2) is 8.79. The van der Waals surface area contributed by atoms with Crippen molar-refractivity contribution in [3.05, 3.63) is 75.8 Å². The van der Waals surface area contributed by atoms with Crippen molar-refractivity contribution in [3.8, 4) is 11.3 Å². The van der Waals surface area contributed by atoms with Crippen molar-refractivity contribution >= 4 is 39.2 Å². The number of H-pyrrole nitrogens is 1. The molecular formula is C20H15BrClF4N3O. The normalized spacial score (nSPS) is 11.6. The first-order valence-corrected chi connectivity index (χ1v) is 9.39. The minimum Gasteiger partial charge on any atom is -0.361 e. The molecule has 2 aromatic heterocycles. The molecule has 0 spiro atoms. The molecule has 0 unspecified atom stereocenters. The van der Waals surface area contributed by atoms with Crippen LogP contribution in [0.4, 0.5) is 17.6 Å². The maximum Gasteiger partial charge on any atom is 0.419 e. The van der Waals surface area contributed by atoms with Gasteiger partial charge in [-0.2, -0.15) is 13.2 Å². The molecule has 0 aliphatic carbocycles. The van der Waals surface area contributed by atoms with E-state index in [-0.39, 0.29) is 23.7 Å². The van der Waals surface area contributed by atoms with Crippen molar-refractivity contribution < 1.29 is 22.1 Å². The maximum atomic E-state index is 13.4. The highest BCUT2D eigenvalue weighted by molar-refractivity contribution is 9.10. The summed E-state index contributed by atoms with van der Waals surface area (Å²) >= 11 is 3.45. The lowest BCUT2D eigenvalue weighted by molar-refractivity contribution is -0.139. The van der Waals surface area contributed by atoms with E-state index in [1.54, 1.807) is 0 Å². The van der Waals surface area contributed by atoms with E-state index >= 15 is 0 Å². The first-order valence-electron chi connectivity index (χ1n) is 8.60. The molecule has 0 aliphatic heterocycles. The van der Waals surface area contributed by atoms with E-state index in [0.29, 0.717) is 18.8 Å². The van der Waals surface area contributed by atoms with Crippen LogP contribution in [0.2, 0.25) is 0 Å². The van der Waals surface area contributed by atoms with E-state index in [4.69, 9.17) is 4.52 Å². The van der Waals surface area contributed by atoms with Crippen molar-refractivity contribution in [1.29, 1.82) is 0 Å². The van der Waals surface area contributed by atoms with Crippen molar-refractivity contribution in [2.24, 2.45) is 0 Å². The smallest absolute Gasteiger partial charge is 0.361 e. The Kier molecular flexibility index (Phi) is 6.54. The molecule has 0 aliphatic rings. The van der Waals surface area contributed by atoms with Gasteiger partial charge in [0.1, 0.15) is 11.5 Å². The van der Waals surface area contributed by atoms with Gasteiger partial charge in [0.2, 0.25) is 0 Å². The average molecular weight is 505 g/mol. The van der Waals surface area contributed by atoms with Crippen molar-refractivity contribution in [2.45, 2.75) is 19.3 Å². The van der Waals surface area contributed by atoms with E-state index in [1.807, 2.05) is 24.4 Å². The summed E-state index contributed by atoms with van der Waals surface area (Å²) in [6.45, 7) is 0.891. The van der Waals surface area contributed by atoms with Crippen LogP contribution in [0.25, 0.3) is 22.2 Å². The summed E-state index contributed by atoms with van der Waals surface area (Å²) in [6, 6.07) is 10.2. The lowest BCUT2D eigenvalue weighted by Crippen LogP contribution is -2.11. The van der Waals surface area contributed by atoms with Crippen LogP contribution in [0, 0.1) is 5.82 Å². The maximum absolute atomic E-state index is 13.4. The van der Waals surface area contributed by atoms with E-state index in [0.717, 1.165) is 33.1 Å². The number of nitrogens with one attached hydrogen (secondary N) is 2. The third-order valence-electron chi connectivity index (χ3n) is 4.47. The van der Waals surface area contributed by atoms with Gasteiger partial charge in [-0.1, -0.05) is 21.1 Å². The van der Waals surface area contributed by atoms with Crippen LogP contribution < -0.4 is 5.32 Å². The molecule has 0 bridgehead atoms. The number of hydrogen-bond acceptors (Lipinski definition) is 3. The van der Waals surface area contributed by atoms with Crippen molar-refractivity contribution in [3.63, 3.8) is 0 Å². The fourth-order valence-corrected chi connectivity index (χ4v) is 3.41. The molecule has 2 heterocycles. The SMILES string of the molecule is Cl.Fc1ccc(-c2cc(CNCc3c[nH]c4ccc(Br)cc34)on2)cc1C(F)(F)F. The van der Waals surface area contributed by atoms with Gasteiger partial charge in [0, 0.05) is 39.7 Å². The summed E-state index contributed by atoms with van der Waals surface area (Å²) in [4.78, 5) is 3.19. The number of hydrogen-bond donors (Lipinski definition) is 2. The Hall–Kier alpha value is -2.36. The first-order chi connectivity index (χ1) is 13.8. The second-order valence-electron chi connectivity index (χ2n) is 6.48. The highest BCUT2D eigenvalue weighted by atomic mass is 79.9. The number of benzene rings is 2. The fraction of sp³-hybridized carbons (Fsp3) is 0.150. The number of aromatic nitrogens is 2. The predicted octanol–water partition coefficient (Wildman–Crippen LogP) is 6.45. The molecule has 0 atom stereocenters. The molecule has 10 heteroatoms. The topological polar surface area (TPSA) is 53.9 Å². The van der Waals surface area contributed by atoms with Gasteiger partial charge in [0.15, 0.2) is 5.76 Å². The molecule has 158 valence electrons. The van der Waals surface area contributed by atoms with E-state index in [1.165, 1.54) is 12.1 Å². The quantitative estimate of drug-likeness (QED) is 0.307. The number of rotatable bonds is 5. The Morgan fingerprint density at radius 3 is 2.63 bits per heavy atom. The predicted molar refractivity (Wildman–Crippen MR) is 111 cm³/mol. The van der Waals surface area contributed by atoms with Crippen LogP contribution in [-0.4, -0.2) is 10.1 Å². The molecule has 2 aromatic carbocycles. The van der Waals surface area contributed by atoms with Crippen LogP contribution in [0.5, 0.6) is 0 Å². The Labute approximate surface area is 183 Å². The van der Waals surface area contributed by atoms with Crippen LogP contribution in [0.3, 0.4) is 0 Å². The van der Waals surface area contributed by atoms with Crippen molar-refractivity contribution in [1.82, 2.24) is 15.5 Å². The molecule has 2 N–H and O–H groups in total. The fourth-order valence-electron chi connectivity index (χ4n) is 3.05. The Bertz CT molecular complexity index is 1170. The third-order valence-corrected chi connectivity index (χ3v) is 4.96. The molecule has 0 fully saturated rings. The van der Waals surface area contributed by atoms with Crippen molar-refractivity contribution in [2.75, 3.05) is 0 Å². The lowest BCUT2D eigenvalue weighted by Gasteiger charge is -2.08. The summed E-state index contributed by atoms with van der Waals surface area (Å²) in [5.41, 5.74) is 1.10. The van der Waals surface area contributed by atoms with E-state index in [9.17, 15) is 17.6 Å². The summed E-state index contributed by atoms with van der Waals surface area (Å²) in [5, 5.41) is 8.10. The minimum absolute atomic E-state index is 0. The molecule has 4 nitrogen and oxygen atoms in total. The molecule has 0 radical (unpaired) electrons. The molecule has 0 saturated heterocycles. The Morgan fingerprint density at radius 2 is 1.87 bits per heavy atom. The molecule has 0 saturated carbocycles. The van der Waals surface area contributed by atoms with Gasteiger partial charge in [0.05, 0.1) is 12.1 Å². The summed E-state index contributed by atoms with van der Waals surface area (Å²) < 4.78 is 58.3. The van der Waals surface area contributed by atoms with Crippen LogP contribution in [-0.2, 0) is 19.3 Å². The number of nitrogens with zero attached hydrogens (tertiary/aromatic N) is 1. The van der Waals surface area contributed by atoms with Gasteiger partial charge in [-0.25, -0.2) is 4.39 Å². The highest BCUT2D eigenvalue weighted by Crippen LogP contribution is 2.34. The summed E-state index contributed by atoms with van der Waals surface area (Å²) in [6.07, 6.45) is -2.87. The largest absolute Gasteiger partial charge is 0.419 e. The first kappa shape index (κ1) is 22.3. The van der Waals surface area contributed by atoms with Crippen LogP contribution in [0.15, 0.2) is 57.7 Å². The van der Waals surface area contributed by atoms with Gasteiger partial charge in [-0.3, -0.25) is 0 Å². The average Bonchev–Trinajstić information content (AvgIpc) is 3.29. The number of fused-ring (bicyclic) bond motifs is 1. The monoisotopic (exact) mass is 503 g/mol. The van der Waals surface area contributed by atoms with Crippen LogP contribution in [0.1, 0.15) is 16.9 Å². The summed E-state index contributed by atoms with van der Waals surface area (Å²) in [7, 11) is 0. The van der Waals surface area contributed by atoms with Crippen LogP contribution >= 0.6 is 28.3 Å². The number of aromatic amines is 1. The zero-order chi connectivity index (χ0) is 20.6. The van der Waals surface area contributed by atoms with Gasteiger partial charge in [0.25, 0.3) is 0 Å². The summed E-state index contributed by atoms with van der Waals surface area (Å²) in [5.74, 6) is -0.865. The van der Waals surface area contributed by atoms with Gasteiger partial charge in [-0.15, -0.1) is 12.4 Å². The zero-order valence-electron chi connectivity index (χ0n) is 15.2. The number of halogens is 6. The second-order valence-corrected chi connectivity index (χ2v) is 7.39. The van der Waals surface area contributed by atoms with Gasteiger partial charge < -0.3 is 14.8 Å². The van der Waals surface area contributed by atoms with Gasteiger partial charge in [-0.05, 0) is 42.0 Å². The Balaban J connectivity index is 0.00000256. The number of alkyl halides is 3. The molecule has 0 amide bonds. The standard InChI is InChI=1S/C20H14BrF4N3O.ClH/c21-13-2-4-18-15(6-13)12(9-27-18)8-26-10-14-7-19(28-29-14)11-1-3-17(22)16(5-11)20(23,24)25;/h1-7,9,26-27H,8,10H2;1H. The zero-order valence-corrected chi connectivity index (χ0v) is 17.6. The lowest BCUT2D eigenvalue weighted by atomic mass is 10.1. The molecule has 4 aromatic rings. The molecular weight excluding hydrogens is 490 g/mol. The van der Waals surface area contributed by atoms with Gasteiger partial charge >= 0.3 is 6.18 Å². The van der Waals surface area contributed by atoms with E-state index < -0.39 is 17.6 Å². The molecule has 30 heavy (non-hydrogen) atoms.